The van der Waals surface area contributed by atoms with Gasteiger partial charge >= 0.3 is 5.97 Å². The van der Waals surface area contributed by atoms with Crippen molar-refractivity contribution >= 4 is 41.4 Å². The SMILES string of the molecule is CC(C)CC(N)C(=O)NC(CC(N)=O)C(=O)NC(CCC(N)=O)C(=O)NC(CCC(N)=O)C(=O)O. The molecule has 0 saturated carbocycles. The van der Waals surface area contributed by atoms with Crippen LogP contribution in [0.5, 0.6) is 0 Å². The predicted octanol–water partition coefficient (Wildman–Crippen LogP) is -3.69. The summed E-state index contributed by atoms with van der Waals surface area (Å²) < 4.78 is 0. The van der Waals surface area contributed by atoms with Crippen LogP contribution in [0.25, 0.3) is 0 Å². The number of amides is 6. The predicted molar refractivity (Wildman–Crippen MR) is 122 cm³/mol. The highest BCUT2D eigenvalue weighted by atomic mass is 16.4. The first-order chi connectivity index (χ1) is 16.1. The topological polar surface area (TPSA) is 280 Å². The Labute approximate surface area is 202 Å². The van der Waals surface area contributed by atoms with Gasteiger partial charge in [-0.25, -0.2) is 4.79 Å². The molecule has 0 fully saturated rings. The third kappa shape index (κ3) is 13.5. The third-order valence-electron chi connectivity index (χ3n) is 4.71. The van der Waals surface area contributed by atoms with Crippen molar-refractivity contribution in [2.24, 2.45) is 28.9 Å². The van der Waals surface area contributed by atoms with Crippen molar-refractivity contribution in [1.29, 1.82) is 0 Å². The minimum Gasteiger partial charge on any atom is -0.480 e. The number of nitrogens with one attached hydrogen (secondary N) is 3. The van der Waals surface area contributed by atoms with Gasteiger partial charge in [-0.3, -0.25) is 28.8 Å². The second kappa shape index (κ2) is 15.2. The van der Waals surface area contributed by atoms with E-state index in [1.807, 2.05) is 13.8 Å². The van der Waals surface area contributed by atoms with E-state index in [-0.39, 0.29) is 31.6 Å². The number of aliphatic carboxylic acids is 1. The summed E-state index contributed by atoms with van der Waals surface area (Å²) in [4.78, 5) is 82.9. The van der Waals surface area contributed by atoms with Crippen LogP contribution in [0.1, 0.15) is 52.4 Å². The zero-order valence-electron chi connectivity index (χ0n) is 19.7. The van der Waals surface area contributed by atoms with E-state index in [9.17, 15) is 38.7 Å². The van der Waals surface area contributed by atoms with E-state index < -0.39 is 72.0 Å². The number of carboxylic acid groups (broad SMARTS) is 1. The molecule has 0 aromatic carbocycles. The molecule has 0 aliphatic carbocycles. The Kier molecular flexibility index (Phi) is 13.6. The van der Waals surface area contributed by atoms with Crippen molar-refractivity contribution in [2.75, 3.05) is 0 Å². The van der Waals surface area contributed by atoms with Crippen LogP contribution in [0.2, 0.25) is 0 Å². The van der Waals surface area contributed by atoms with Gasteiger partial charge in [0.1, 0.15) is 18.1 Å². The molecule has 0 radical (unpaired) electrons. The van der Waals surface area contributed by atoms with Crippen molar-refractivity contribution < 1.29 is 38.7 Å². The van der Waals surface area contributed by atoms with Gasteiger partial charge in [0, 0.05) is 12.8 Å². The highest BCUT2D eigenvalue weighted by molar-refractivity contribution is 5.96. The number of carboxylic acids is 1. The molecule has 0 rings (SSSR count). The molecule has 4 atom stereocenters. The molecule has 0 aliphatic heterocycles. The summed E-state index contributed by atoms with van der Waals surface area (Å²) in [5.74, 6) is -6.64. The van der Waals surface area contributed by atoms with E-state index in [4.69, 9.17) is 22.9 Å². The fourth-order valence-corrected chi connectivity index (χ4v) is 2.95. The van der Waals surface area contributed by atoms with E-state index in [0.717, 1.165) is 0 Å². The molecule has 0 aliphatic rings. The van der Waals surface area contributed by atoms with E-state index in [1.165, 1.54) is 0 Å². The third-order valence-corrected chi connectivity index (χ3v) is 4.71. The summed E-state index contributed by atoms with van der Waals surface area (Å²) >= 11 is 0. The van der Waals surface area contributed by atoms with Crippen LogP contribution in [0.15, 0.2) is 0 Å². The fourth-order valence-electron chi connectivity index (χ4n) is 2.95. The highest BCUT2D eigenvalue weighted by Gasteiger charge is 2.31. The maximum Gasteiger partial charge on any atom is 0.326 e. The molecule has 0 aromatic rings. The Bertz CT molecular complexity index is 817. The maximum absolute atomic E-state index is 12.8. The van der Waals surface area contributed by atoms with Gasteiger partial charge in [0.2, 0.25) is 35.4 Å². The van der Waals surface area contributed by atoms with Gasteiger partial charge in [0.25, 0.3) is 0 Å². The number of hydrogen-bond donors (Lipinski definition) is 8. The van der Waals surface area contributed by atoms with Gasteiger partial charge in [-0.1, -0.05) is 13.8 Å². The molecule has 15 nitrogen and oxygen atoms in total. The van der Waals surface area contributed by atoms with Crippen molar-refractivity contribution in [3.05, 3.63) is 0 Å². The molecular weight excluding hydrogens is 466 g/mol. The van der Waals surface area contributed by atoms with E-state index >= 15 is 0 Å². The zero-order valence-corrected chi connectivity index (χ0v) is 19.7. The lowest BCUT2D eigenvalue weighted by Crippen LogP contribution is -2.58. The van der Waals surface area contributed by atoms with Crippen LogP contribution in [0.4, 0.5) is 0 Å². The summed E-state index contributed by atoms with van der Waals surface area (Å²) in [6.07, 6.45) is -1.66. The van der Waals surface area contributed by atoms with Crippen LogP contribution in [-0.2, 0) is 33.6 Å². The molecule has 12 N–H and O–H groups in total. The first kappa shape index (κ1) is 31.2. The van der Waals surface area contributed by atoms with Crippen LogP contribution in [0.3, 0.4) is 0 Å². The normalized spacial score (nSPS) is 14.2. The molecule has 0 aromatic heterocycles. The lowest BCUT2D eigenvalue weighted by Gasteiger charge is -2.25. The standard InChI is InChI=1S/C20H35N7O8/c1-9(2)7-10(21)17(31)27-13(8-16(24)30)19(33)25-11(3-5-14(22)28)18(32)26-12(20(34)35)4-6-15(23)29/h9-13H,3-8,21H2,1-2H3,(H2,22,28)(H2,23,29)(H2,24,30)(H,25,33)(H,26,32)(H,27,31)(H,34,35). The number of nitrogens with two attached hydrogens (primary N) is 4. The summed E-state index contributed by atoms with van der Waals surface area (Å²) in [6.45, 7) is 3.66. The molecule has 198 valence electrons. The largest absolute Gasteiger partial charge is 0.480 e. The number of rotatable bonds is 17. The van der Waals surface area contributed by atoms with Crippen molar-refractivity contribution in [3.8, 4) is 0 Å². The quantitative estimate of drug-likeness (QED) is 0.0971. The number of primary amides is 3. The lowest BCUT2D eigenvalue weighted by molar-refractivity contribution is -0.143. The number of hydrogen-bond acceptors (Lipinski definition) is 8. The summed E-state index contributed by atoms with van der Waals surface area (Å²) in [5.41, 5.74) is 21.1. The Hall–Kier alpha value is -3.75. The van der Waals surface area contributed by atoms with Crippen LogP contribution < -0.4 is 38.9 Å². The molecule has 0 heterocycles. The lowest BCUT2D eigenvalue weighted by atomic mass is 10.0. The van der Waals surface area contributed by atoms with Crippen molar-refractivity contribution in [1.82, 2.24) is 16.0 Å². The van der Waals surface area contributed by atoms with Gasteiger partial charge in [0.05, 0.1) is 12.5 Å². The first-order valence-corrected chi connectivity index (χ1v) is 10.9. The maximum atomic E-state index is 12.8. The average molecular weight is 502 g/mol. The average Bonchev–Trinajstić information content (AvgIpc) is 2.71. The Morgan fingerprint density at radius 3 is 1.54 bits per heavy atom. The Morgan fingerprint density at radius 1 is 0.686 bits per heavy atom. The first-order valence-electron chi connectivity index (χ1n) is 10.9. The molecule has 6 amide bonds. The fraction of sp³-hybridized carbons (Fsp3) is 0.650. The molecule has 0 bridgehead atoms. The smallest absolute Gasteiger partial charge is 0.326 e. The van der Waals surface area contributed by atoms with Crippen LogP contribution in [-0.4, -0.2) is 70.7 Å². The second-order valence-electron chi connectivity index (χ2n) is 8.44. The summed E-state index contributed by atoms with van der Waals surface area (Å²) in [7, 11) is 0. The second-order valence-corrected chi connectivity index (χ2v) is 8.44. The molecule has 0 saturated heterocycles. The molecule has 15 heteroatoms. The summed E-state index contributed by atoms with van der Waals surface area (Å²) in [6, 6.07) is -5.46. The molecule has 4 unspecified atom stereocenters. The molecule has 0 spiro atoms. The number of carbonyl (C=O) groups is 7. The summed E-state index contributed by atoms with van der Waals surface area (Å²) in [5, 5.41) is 16.0. The minimum atomic E-state index is -1.52. The monoisotopic (exact) mass is 501 g/mol. The van der Waals surface area contributed by atoms with Crippen molar-refractivity contribution in [3.63, 3.8) is 0 Å². The van der Waals surface area contributed by atoms with E-state index in [2.05, 4.69) is 16.0 Å². The Balaban J connectivity index is 5.60. The zero-order chi connectivity index (χ0) is 27.3. The van der Waals surface area contributed by atoms with Gasteiger partial charge in [-0.15, -0.1) is 0 Å². The van der Waals surface area contributed by atoms with Gasteiger partial charge in [-0.2, -0.15) is 0 Å². The van der Waals surface area contributed by atoms with Gasteiger partial charge in [0.15, 0.2) is 0 Å². The van der Waals surface area contributed by atoms with E-state index in [1.54, 1.807) is 0 Å². The molecule has 35 heavy (non-hydrogen) atoms. The van der Waals surface area contributed by atoms with E-state index in [0.29, 0.717) is 6.42 Å². The Morgan fingerprint density at radius 2 is 1.11 bits per heavy atom. The van der Waals surface area contributed by atoms with Crippen LogP contribution >= 0.6 is 0 Å². The van der Waals surface area contributed by atoms with Gasteiger partial charge in [-0.05, 0) is 25.2 Å². The number of carbonyl (C=O) groups excluding carboxylic acids is 6. The highest BCUT2D eigenvalue weighted by Crippen LogP contribution is 2.06. The molecular formula is C20H35N7O8. The van der Waals surface area contributed by atoms with Gasteiger partial charge < -0.3 is 44.0 Å². The van der Waals surface area contributed by atoms with Crippen LogP contribution in [0, 0.1) is 5.92 Å². The minimum absolute atomic E-state index is 0.0674. The van der Waals surface area contributed by atoms with Crippen molar-refractivity contribution in [2.45, 2.75) is 76.5 Å².